The van der Waals surface area contributed by atoms with Crippen LogP contribution in [0.1, 0.15) is 27.2 Å². The number of anilines is 6. The lowest BCUT2D eigenvalue weighted by molar-refractivity contribution is 0.0932. The van der Waals surface area contributed by atoms with Crippen molar-refractivity contribution in [3.63, 3.8) is 0 Å². The van der Waals surface area contributed by atoms with E-state index >= 15 is 0 Å². The van der Waals surface area contributed by atoms with E-state index in [1.165, 1.54) is 0 Å². The van der Waals surface area contributed by atoms with E-state index in [9.17, 15) is 0 Å². The topological polar surface area (TPSA) is 244 Å². The highest BCUT2D eigenvalue weighted by molar-refractivity contribution is 6.84. The first kappa shape index (κ1) is 82.8. The van der Waals surface area contributed by atoms with Crippen molar-refractivity contribution >= 4 is 61.9 Å². The van der Waals surface area contributed by atoms with E-state index in [2.05, 4.69) is 78.8 Å². The lowest BCUT2D eigenvalue weighted by Crippen LogP contribution is -2.45. The van der Waals surface area contributed by atoms with Crippen molar-refractivity contribution in [3.05, 3.63) is 101 Å². The zero-order valence-corrected chi connectivity index (χ0v) is 58.7. The average molecular weight is 1330 g/mol. The Kier molecular flexibility index (Phi) is 49.0. The maximum Gasteiger partial charge on any atom is 0.484 e. The van der Waals surface area contributed by atoms with Crippen LogP contribution in [0.5, 0.6) is 0 Å². The molecule has 2 aromatic heterocycles. The number of ether oxygens (including phenoxy) is 12. The van der Waals surface area contributed by atoms with Gasteiger partial charge in [-0.15, -0.1) is 52.6 Å². The molecule has 2 aromatic rings. The summed E-state index contributed by atoms with van der Waals surface area (Å²) >= 11 is 0. The molecule has 0 radical (unpaired) electrons. The molecule has 90 heavy (non-hydrogen) atoms. The molecule has 0 aromatic carbocycles. The van der Waals surface area contributed by atoms with Gasteiger partial charge in [-0.25, -0.2) is 0 Å². The maximum atomic E-state index is 7.03. The second-order valence-corrected chi connectivity index (χ2v) is 30.5. The molecule has 0 atom stereocenters. The fourth-order valence-corrected chi connectivity index (χ4v) is 16.9. The SMILES string of the molecule is C=CCOCN(COC)c1nc(N(COCC=C)COCC=C)nc(N(COCC=C)COCCC[Si](C)(C)O[Si](C)(C)CCOCN(COCC=C)c2nc(N(COC)COCC=C)nc(N(COCC=C)COCC=C)n2)n1.CCO[SiH](OCC)OCC. The van der Waals surface area contributed by atoms with Crippen LogP contribution in [0.3, 0.4) is 0 Å². The third-order valence-electron chi connectivity index (χ3n) is 11.2. The van der Waals surface area contributed by atoms with Gasteiger partial charge in [-0.1, -0.05) is 48.6 Å². The summed E-state index contributed by atoms with van der Waals surface area (Å²) in [7, 11) is -3.04. The Morgan fingerprint density at radius 3 is 0.789 bits per heavy atom. The van der Waals surface area contributed by atoms with Crippen LogP contribution in [-0.4, -0.2) is 237 Å². The molecule has 0 N–H and O–H groups in total. The molecule has 0 unspecified atom stereocenters. The Hall–Kier alpha value is -5.25. The summed E-state index contributed by atoms with van der Waals surface area (Å²) < 4.78 is 93.1. The summed E-state index contributed by atoms with van der Waals surface area (Å²) in [5, 5.41) is 0. The summed E-state index contributed by atoms with van der Waals surface area (Å²) in [5.41, 5.74) is 0. The van der Waals surface area contributed by atoms with E-state index in [4.69, 9.17) is 104 Å². The van der Waals surface area contributed by atoms with Gasteiger partial charge in [0.2, 0.25) is 35.7 Å². The van der Waals surface area contributed by atoms with Gasteiger partial charge in [0, 0.05) is 47.3 Å². The highest BCUT2D eigenvalue weighted by atomic mass is 28.4. The minimum atomic E-state index is -2.26. The van der Waals surface area contributed by atoms with E-state index in [1.807, 2.05) is 20.8 Å². The van der Waals surface area contributed by atoms with Gasteiger partial charge in [0.05, 0.1) is 52.9 Å². The van der Waals surface area contributed by atoms with E-state index in [0.29, 0.717) is 72.7 Å². The van der Waals surface area contributed by atoms with Gasteiger partial charge >= 0.3 is 9.53 Å². The fourth-order valence-electron chi connectivity index (χ4n) is 7.40. The monoisotopic (exact) mass is 1320 g/mol. The third-order valence-corrected chi connectivity index (χ3v) is 20.4. The zero-order valence-electron chi connectivity index (χ0n) is 55.6. The molecule has 28 nitrogen and oxygen atoms in total. The van der Waals surface area contributed by atoms with Crippen LogP contribution in [0.4, 0.5) is 35.7 Å². The van der Waals surface area contributed by atoms with Gasteiger partial charge in [-0.2, -0.15) is 29.9 Å². The Morgan fingerprint density at radius 1 is 0.333 bits per heavy atom. The smallest absolute Gasteiger partial charge is 0.455 e. The molecule has 2 heterocycles. The summed E-state index contributed by atoms with van der Waals surface area (Å²) in [6.07, 6.45) is 14.0. The predicted molar refractivity (Wildman–Crippen MR) is 360 cm³/mol. The Balaban J connectivity index is 0.00000370. The third kappa shape index (κ3) is 37.9. The van der Waals surface area contributed by atoms with Gasteiger partial charge < -0.3 is 74.2 Å². The summed E-state index contributed by atoms with van der Waals surface area (Å²) in [6, 6.07) is 1.58. The lowest BCUT2D eigenvalue weighted by Gasteiger charge is -2.34. The average Bonchev–Trinajstić information content (AvgIpc) is 1.57. The molecule has 0 aliphatic rings. The number of methoxy groups -OCH3 is 2. The molecular formula is C59H108N12O16Si3. The van der Waals surface area contributed by atoms with Gasteiger partial charge in [0.1, 0.15) is 80.8 Å². The fraction of sp³-hybridized carbons (Fsp3) is 0.627. The zero-order chi connectivity index (χ0) is 66.5. The number of hydrogen-bond acceptors (Lipinski definition) is 28. The minimum Gasteiger partial charge on any atom is -0.455 e. The minimum absolute atomic E-state index is 0.0812. The van der Waals surface area contributed by atoms with Crippen molar-refractivity contribution in [2.45, 2.75) is 65.5 Å². The summed E-state index contributed by atoms with van der Waals surface area (Å²) in [4.78, 5) is 39.5. The van der Waals surface area contributed by atoms with Crippen LogP contribution in [0.2, 0.25) is 38.3 Å². The molecule has 0 aliphatic carbocycles. The molecular weight excluding hydrogens is 1220 g/mol. The molecule has 2 rings (SSSR count). The summed E-state index contributed by atoms with van der Waals surface area (Å²) in [6.45, 7) is 51.4. The maximum absolute atomic E-state index is 7.03. The van der Waals surface area contributed by atoms with Crippen molar-refractivity contribution in [2.75, 3.05) is 210 Å². The number of nitrogens with zero attached hydrogens (tertiary/aromatic N) is 12. The molecule has 0 spiro atoms. The first-order valence-electron chi connectivity index (χ1n) is 29.8. The second-order valence-electron chi connectivity index (χ2n) is 20.1. The predicted octanol–water partition coefficient (Wildman–Crippen LogP) is 7.66. The highest BCUT2D eigenvalue weighted by Gasteiger charge is 2.33. The van der Waals surface area contributed by atoms with Crippen LogP contribution >= 0.6 is 0 Å². The quantitative estimate of drug-likeness (QED) is 0.0267. The van der Waals surface area contributed by atoms with Crippen molar-refractivity contribution in [1.29, 1.82) is 0 Å². The van der Waals surface area contributed by atoms with Crippen molar-refractivity contribution in [3.8, 4) is 0 Å². The van der Waals surface area contributed by atoms with Crippen molar-refractivity contribution in [1.82, 2.24) is 29.9 Å². The van der Waals surface area contributed by atoms with Crippen LogP contribution in [-0.2, 0) is 74.2 Å². The molecule has 31 heteroatoms. The Bertz CT molecular complexity index is 2200. The van der Waals surface area contributed by atoms with E-state index in [-0.39, 0.29) is 130 Å². The van der Waals surface area contributed by atoms with E-state index in [1.54, 1.807) is 92.2 Å². The Labute approximate surface area is 540 Å². The highest BCUT2D eigenvalue weighted by Crippen LogP contribution is 2.25. The van der Waals surface area contributed by atoms with Crippen LogP contribution < -0.4 is 29.4 Å². The molecule has 0 saturated heterocycles. The van der Waals surface area contributed by atoms with Crippen LogP contribution in [0.25, 0.3) is 0 Å². The largest absolute Gasteiger partial charge is 0.484 e. The second kappa shape index (κ2) is 53.3. The van der Waals surface area contributed by atoms with Gasteiger partial charge in [0.15, 0.2) is 16.6 Å². The van der Waals surface area contributed by atoms with Gasteiger partial charge in [-0.05, 0) is 65.5 Å². The number of hydrogen-bond donors (Lipinski definition) is 0. The molecule has 0 aliphatic heterocycles. The first-order chi connectivity index (χ1) is 43.6. The van der Waals surface area contributed by atoms with Crippen LogP contribution in [0.15, 0.2) is 101 Å². The van der Waals surface area contributed by atoms with Crippen LogP contribution in [0, 0.1) is 0 Å². The van der Waals surface area contributed by atoms with E-state index < -0.39 is 26.2 Å². The van der Waals surface area contributed by atoms with Gasteiger partial charge in [0.25, 0.3) is 0 Å². The molecule has 512 valence electrons. The standard InChI is InChI=1S/C53H92N12O13Si2.C6H16O3Si/c1-15-24-68-38-60(36-66-9)48-54-50(62(40-70-26-17-3)41-71-27-18-4)58-52(56-48)64(44-74-30-21-7)46-76-32-23-34-79(11,12)78-80(13,14)35-33-77-47-65(45-75-31-22-8)53-57-49(61(37-67-10)39-69-25-16-2)55-51(59-53)63(42-72-28-19-5)43-73-29-20-6;1-4-7-10(8-5-2)9-6-3/h15-22H,1-8,23-47H2,9-14H3;10H,4-6H2,1-3H3. The number of rotatable bonds is 61. The normalized spacial score (nSPS) is 11.4. The van der Waals surface area contributed by atoms with Crippen molar-refractivity contribution < 1.29 is 74.2 Å². The molecule has 0 amide bonds. The van der Waals surface area contributed by atoms with Crippen molar-refractivity contribution in [2.24, 2.45) is 0 Å². The number of aromatic nitrogens is 6. The van der Waals surface area contributed by atoms with Gasteiger partial charge in [-0.3, -0.25) is 29.4 Å². The summed E-state index contributed by atoms with van der Waals surface area (Å²) in [5.74, 6) is 1.65. The lowest BCUT2D eigenvalue weighted by atomic mass is 10.5. The Morgan fingerprint density at radius 2 is 0.556 bits per heavy atom. The molecule has 0 bridgehead atoms. The first-order valence-corrected chi connectivity index (χ1v) is 37.5. The molecule has 0 saturated carbocycles. The van der Waals surface area contributed by atoms with E-state index in [0.717, 1.165) is 18.5 Å². The molecule has 0 fully saturated rings.